The Balaban J connectivity index is 2.55. The number of rotatable bonds is 6. The van der Waals surface area contributed by atoms with Crippen LogP contribution in [0.5, 0.6) is 0 Å². The van der Waals surface area contributed by atoms with Crippen LogP contribution in [0.15, 0.2) is 16.3 Å². The maximum Gasteiger partial charge on any atom is 0.345 e. The van der Waals surface area contributed by atoms with E-state index in [1.807, 2.05) is 20.8 Å². The number of carboxylic acid groups (broad SMARTS) is 1. The second-order valence-electron chi connectivity index (χ2n) is 4.03. The number of thioether (sulfide) groups is 1. The molecule has 0 saturated heterocycles. The number of amides is 1. The number of hydrogen-bond donors (Lipinski definition) is 2. The largest absolute Gasteiger partial charge is 0.477 e. The molecule has 6 heteroatoms. The Labute approximate surface area is 115 Å². The number of aromatic carboxylic acids is 1. The first kappa shape index (κ1) is 15.0. The summed E-state index contributed by atoms with van der Waals surface area (Å²) in [6.07, 6.45) is 0.894. The molecule has 1 rings (SSSR count). The van der Waals surface area contributed by atoms with E-state index in [9.17, 15) is 9.59 Å². The van der Waals surface area contributed by atoms with Crippen molar-refractivity contribution in [3.05, 3.63) is 16.3 Å². The molecule has 0 radical (unpaired) electrons. The molecule has 0 bridgehead atoms. The molecule has 2 atom stereocenters. The van der Waals surface area contributed by atoms with Crippen molar-refractivity contribution < 1.29 is 14.7 Å². The van der Waals surface area contributed by atoms with Crippen LogP contribution < -0.4 is 5.32 Å². The standard InChI is InChI=1S/C12H17NO3S2/c1-4-7(2)13-11(14)8(3)18-9-5-10(12(15)16)17-6-9/h5-8H,4H2,1-3H3,(H,13,14)(H,15,16). The molecule has 0 aliphatic carbocycles. The zero-order chi connectivity index (χ0) is 13.7. The van der Waals surface area contributed by atoms with Crippen LogP contribution in [0.3, 0.4) is 0 Å². The van der Waals surface area contributed by atoms with Gasteiger partial charge in [0.25, 0.3) is 0 Å². The number of thiophene rings is 1. The van der Waals surface area contributed by atoms with E-state index in [2.05, 4.69) is 5.32 Å². The first-order valence-electron chi connectivity index (χ1n) is 5.72. The lowest BCUT2D eigenvalue weighted by atomic mass is 10.2. The van der Waals surface area contributed by atoms with Gasteiger partial charge in [-0.2, -0.15) is 0 Å². The van der Waals surface area contributed by atoms with Gasteiger partial charge in [-0.25, -0.2) is 4.79 Å². The summed E-state index contributed by atoms with van der Waals surface area (Å²) in [6, 6.07) is 1.77. The summed E-state index contributed by atoms with van der Waals surface area (Å²) in [5.74, 6) is -0.944. The van der Waals surface area contributed by atoms with Gasteiger partial charge >= 0.3 is 5.97 Å². The third kappa shape index (κ3) is 4.34. The van der Waals surface area contributed by atoms with Crippen LogP contribution in [0, 0.1) is 0 Å². The van der Waals surface area contributed by atoms with Gasteiger partial charge < -0.3 is 10.4 Å². The lowest BCUT2D eigenvalue weighted by molar-refractivity contribution is -0.120. The topological polar surface area (TPSA) is 66.4 Å². The summed E-state index contributed by atoms with van der Waals surface area (Å²) in [5.41, 5.74) is 0. The molecule has 0 spiro atoms. The first-order chi connectivity index (χ1) is 8.43. The lowest BCUT2D eigenvalue weighted by Crippen LogP contribution is -2.37. The van der Waals surface area contributed by atoms with E-state index in [4.69, 9.17) is 5.11 Å². The molecular formula is C12H17NO3S2. The summed E-state index contributed by atoms with van der Waals surface area (Å²) in [4.78, 5) is 23.7. The predicted molar refractivity (Wildman–Crippen MR) is 74.5 cm³/mol. The van der Waals surface area contributed by atoms with Gasteiger partial charge in [-0.3, -0.25) is 4.79 Å². The average Bonchev–Trinajstić information content (AvgIpc) is 2.77. The van der Waals surface area contributed by atoms with Crippen LogP contribution >= 0.6 is 23.1 Å². The molecule has 2 N–H and O–H groups in total. The van der Waals surface area contributed by atoms with E-state index < -0.39 is 5.97 Å². The zero-order valence-electron chi connectivity index (χ0n) is 10.6. The van der Waals surface area contributed by atoms with Crippen molar-refractivity contribution in [3.8, 4) is 0 Å². The third-order valence-electron chi connectivity index (χ3n) is 2.47. The molecule has 100 valence electrons. The Hall–Kier alpha value is -1.01. The molecule has 0 aliphatic heterocycles. The van der Waals surface area contributed by atoms with E-state index >= 15 is 0 Å². The van der Waals surface area contributed by atoms with Crippen LogP contribution in [0.2, 0.25) is 0 Å². The molecule has 1 amide bonds. The minimum atomic E-state index is -0.927. The highest BCUT2D eigenvalue weighted by Crippen LogP contribution is 2.28. The van der Waals surface area contributed by atoms with Gasteiger partial charge in [0, 0.05) is 16.3 Å². The van der Waals surface area contributed by atoms with E-state index in [-0.39, 0.29) is 17.2 Å². The normalized spacial score (nSPS) is 13.9. The van der Waals surface area contributed by atoms with E-state index in [1.54, 1.807) is 11.4 Å². The highest BCUT2D eigenvalue weighted by atomic mass is 32.2. The number of carboxylic acids is 1. The van der Waals surface area contributed by atoms with Gasteiger partial charge in [0.15, 0.2) is 0 Å². The summed E-state index contributed by atoms with van der Waals surface area (Å²) in [5, 5.41) is 13.3. The van der Waals surface area contributed by atoms with Crippen molar-refractivity contribution in [1.82, 2.24) is 5.32 Å². The minimum absolute atomic E-state index is 0.0163. The summed E-state index contributed by atoms with van der Waals surface area (Å²) >= 11 is 2.56. The van der Waals surface area contributed by atoms with Gasteiger partial charge in [-0.15, -0.1) is 23.1 Å². The third-order valence-corrected chi connectivity index (χ3v) is 4.61. The second-order valence-corrected chi connectivity index (χ2v) is 6.36. The Bertz CT molecular complexity index is 431. The van der Waals surface area contributed by atoms with E-state index in [0.29, 0.717) is 4.88 Å². The number of carbonyl (C=O) groups excluding carboxylic acids is 1. The van der Waals surface area contributed by atoms with Crippen LogP contribution in [0.1, 0.15) is 36.9 Å². The quantitative estimate of drug-likeness (QED) is 0.790. The van der Waals surface area contributed by atoms with Crippen molar-refractivity contribution in [2.45, 2.75) is 43.4 Å². The van der Waals surface area contributed by atoms with Gasteiger partial charge in [-0.05, 0) is 26.3 Å². The monoisotopic (exact) mass is 287 g/mol. The Morgan fingerprint density at radius 1 is 1.50 bits per heavy atom. The smallest absolute Gasteiger partial charge is 0.345 e. The van der Waals surface area contributed by atoms with E-state index in [1.165, 1.54) is 23.1 Å². The Morgan fingerprint density at radius 3 is 2.67 bits per heavy atom. The Kier molecular flexibility index (Phi) is 5.68. The molecule has 1 aromatic rings. The molecular weight excluding hydrogens is 270 g/mol. The van der Waals surface area contributed by atoms with Crippen molar-refractivity contribution in [2.24, 2.45) is 0 Å². The molecule has 1 heterocycles. The molecule has 0 aromatic carbocycles. The lowest BCUT2D eigenvalue weighted by Gasteiger charge is -2.15. The first-order valence-corrected chi connectivity index (χ1v) is 7.48. The molecule has 4 nitrogen and oxygen atoms in total. The second kappa shape index (κ2) is 6.80. The van der Waals surface area contributed by atoms with Crippen LogP contribution in [0.4, 0.5) is 0 Å². The number of hydrogen-bond acceptors (Lipinski definition) is 4. The summed E-state index contributed by atoms with van der Waals surface area (Å²) in [6.45, 7) is 5.80. The van der Waals surface area contributed by atoms with Crippen molar-refractivity contribution in [1.29, 1.82) is 0 Å². The van der Waals surface area contributed by atoms with Gasteiger partial charge in [0.2, 0.25) is 5.91 Å². The summed E-state index contributed by atoms with van der Waals surface area (Å²) in [7, 11) is 0. The fraction of sp³-hybridized carbons (Fsp3) is 0.500. The van der Waals surface area contributed by atoms with E-state index in [0.717, 1.165) is 11.3 Å². The summed E-state index contributed by atoms with van der Waals surface area (Å²) < 4.78 is 0. The maximum absolute atomic E-state index is 11.8. The molecule has 1 aromatic heterocycles. The van der Waals surface area contributed by atoms with Gasteiger partial charge in [-0.1, -0.05) is 6.92 Å². The van der Waals surface area contributed by atoms with Gasteiger partial charge in [0.1, 0.15) is 4.88 Å². The molecule has 0 fully saturated rings. The van der Waals surface area contributed by atoms with Crippen LogP contribution in [-0.2, 0) is 4.79 Å². The molecule has 0 saturated carbocycles. The molecule has 2 unspecified atom stereocenters. The van der Waals surface area contributed by atoms with Crippen LogP contribution in [-0.4, -0.2) is 28.3 Å². The number of carbonyl (C=O) groups is 2. The number of nitrogens with one attached hydrogen (secondary N) is 1. The average molecular weight is 287 g/mol. The highest BCUT2D eigenvalue weighted by Gasteiger charge is 2.17. The fourth-order valence-electron chi connectivity index (χ4n) is 1.21. The Morgan fingerprint density at radius 2 is 2.17 bits per heavy atom. The molecule has 18 heavy (non-hydrogen) atoms. The van der Waals surface area contributed by atoms with Gasteiger partial charge in [0.05, 0.1) is 5.25 Å². The predicted octanol–water partition coefficient (Wildman–Crippen LogP) is 2.84. The minimum Gasteiger partial charge on any atom is -0.477 e. The maximum atomic E-state index is 11.8. The van der Waals surface area contributed by atoms with Crippen molar-refractivity contribution in [2.75, 3.05) is 0 Å². The van der Waals surface area contributed by atoms with Crippen LogP contribution in [0.25, 0.3) is 0 Å². The highest BCUT2D eigenvalue weighted by molar-refractivity contribution is 8.00. The SMILES string of the molecule is CCC(C)NC(=O)C(C)Sc1csc(C(=O)O)c1. The zero-order valence-corrected chi connectivity index (χ0v) is 12.2. The fourth-order valence-corrected chi connectivity index (χ4v) is 3.03. The molecule has 0 aliphatic rings. The van der Waals surface area contributed by atoms with Crippen molar-refractivity contribution in [3.63, 3.8) is 0 Å². The van der Waals surface area contributed by atoms with Crippen molar-refractivity contribution >= 4 is 35.0 Å².